The largest absolute Gasteiger partial charge is 0.493 e. The SMILES string of the molecule is CCOc1ccc(NC(=O)c2cccnc2Cl)cc1OC. The van der Waals surface area contributed by atoms with E-state index in [2.05, 4.69) is 10.3 Å². The van der Waals surface area contributed by atoms with Crippen LogP contribution < -0.4 is 14.8 Å². The standard InChI is InChI=1S/C15H15ClN2O3/c1-3-21-12-7-6-10(9-13(12)20-2)18-15(19)11-5-4-8-17-14(11)16/h4-9H,3H2,1-2H3,(H,18,19). The van der Waals surface area contributed by atoms with E-state index in [1.165, 1.54) is 6.20 Å². The molecular weight excluding hydrogens is 292 g/mol. The Morgan fingerprint density at radius 2 is 2.14 bits per heavy atom. The Bertz CT molecular complexity index is 647. The van der Waals surface area contributed by atoms with Crippen molar-refractivity contribution >= 4 is 23.2 Å². The summed E-state index contributed by atoms with van der Waals surface area (Å²) in [6, 6.07) is 8.42. The Kier molecular flexibility index (Phi) is 5.00. The van der Waals surface area contributed by atoms with Crippen LogP contribution in [0.3, 0.4) is 0 Å². The van der Waals surface area contributed by atoms with Crippen LogP contribution in [-0.4, -0.2) is 24.6 Å². The molecule has 110 valence electrons. The lowest BCUT2D eigenvalue weighted by molar-refractivity contribution is 0.102. The molecule has 0 fully saturated rings. The molecule has 0 unspecified atom stereocenters. The maximum Gasteiger partial charge on any atom is 0.258 e. The second kappa shape index (κ2) is 6.95. The Hall–Kier alpha value is -2.27. The van der Waals surface area contributed by atoms with Crippen molar-refractivity contribution in [2.75, 3.05) is 19.0 Å². The number of nitrogens with zero attached hydrogens (tertiary/aromatic N) is 1. The van der Waals surface area contributed by atoms with Gasteiger partial charge in [0.05, 0.1) is 19.3 Å². The smallest absolute Gasteiger partial charge is 0.258 e. The minimum atomic E-state index is -0.334. The van der Waals surface area contributed by atoms with Gasteiger partial charge in [0.2, 0.25) is 0 Å². The van der Waals surface area contributed by atoms with Crippen molar-refractivity contribution in [3.05, 3.63) is 47.2 Å². The third kappa shape index (κ3) is 3.64. The molecule has 0 atom stereocenters. The number of nitrogens with one attached hydrogen (secondary N) is 1. The third-order valence-electron chi connectivity index (χ3n) is 2.73. The van der Waals surface area contributed by atoms with Crippen molar-refractivity contribution in [2.45, 2.75) is 6.92 Å². The molecular formula is C15H15ClN2O3. The van der Waals surface area contributed by atoms with Gasteiger partial charge in [0.25, 0.3) is 5.91 Å². The first-order chi connectivity index (χ1) is 10.2. The first-order valence-corrected chi connectivity index (χ1v) is 6.76. The van der Waals surface area contributed by atoms with E-state index in [1.54, 1.807) is 37.4 Å². The number of anilines is 1. The third-order valence-corrected chi connectivity index (χ3v) is 3.03. The first-order valence-electron chi connectivity index (χ1n) is 6.38. The van der Waals surface area contributed by atoms with Gasteiger partial charge in [0.15, 0.2) is 11.5 Å². The highest BCUT2D eigenvalue weighted by Crippen LogP contribution is 2.30. The lowest BCUT2D eigenvalue weighted by Crippen LogP contribution is -2.13. The van der Waals surface area contributed by atoms with Gasteiger partial charge in [-0.15, -0.1) is 0 Å². The Morgan fingerprint density at radius 3 is 2.81 bits per heavy atom. The lowest BCUT2D eigenvalue weighted by atomic mass is 10.2. The van der Waals surface area contributed by atoms with E-state index in [9.17, 15) is 4.79 Å². The zero-order valence-corrected chi connectivity index (χ0v) is 12.5. The quantitative estimate of drug-likeness (QED) is 0.860. The molecule has 2 aromatic rings. The molecule has 0 aliphatic rings. The van der Waals surface area contributed by atoms with Crippen LogP contribution in [0.15, 0.2) is 36.5 Å². The summed E-state index contributed by atoms with van der Waals surface area (Å²) in [5, 5.41) is 2.90. The Morgan fingerprint density at radius 1 is 1.33 bits per heavy atom. The van der Waals surface area contributed by atoms with E-state index >= 15 is 0 Å². The van der Waals surface area contributed by atoms with Gasteiger partial charge >= 0.3 is 0 Å². The molecule has 0 aliphatic carbocycles. The number of amides is 1. The van der Waals surface area contributed by atoms with Crippen LogP contribution >= 0.6 is 11.6 Å². The highest BCUT2D eigenvalue weighted by Gasteiger charge is 2.12. The lowest BCUT2D eigenvalue weighted by Gasteiger charge is -2.12. The van der Waals surface area contributed by atoms with Gasteiger partial charge in [-0.3, -0.25) is 4.79 Å². The predicted octanol–water partition coefficient (Wildman–Crippen LogP) is 3.39. The van der Waals surface area contributed by atoms with Gasteiger partial charge in [0.1, 0.15) is 5.15 Å². The fourth-order valence-electron chi connectivity index (χ4n) is 1.77. The molecule has 2 rings (SSSR count). The van der Waals surface area contributed by atoms with Gasteiger partial charge in [-0.05, 0) is 31.2 Å². The van der Waals surface area contributed by atoms with Crippen LogP contribution in [-0.2, 0) is 0 Å². The summed E-state index contributed by atoms with van der Waals surface area (Å²) >= 11 is 5.89. The summed E-state index contributed by atoms with van der Waals surface area (Å²) in [4.78, 5) is 16.0. The van der Waals surface area contributed by atoms with Gasteiger partial charge in [-0.25, -0.2) is 4.98 Å². The fourth-order valence-corrected chi connectivity index (χ4v) is 1.98. The van der Waals surface area contributed by atoms with E-state index in [0.717, 1.165) is 0 Å². The minimum Gasteiger partial charge on any atom is -0.493 e. The second-order valence-corrected chi connectivity index (χ2v) is 4.45. The van der Waals surface area contributed by atoms with Crippen molar-refractivity contribution in [1.29, 1.82) is 0 Å². The maximum atomic E-state index is 12.1. The second-order valence-electron chi connectivity index (χ2n) is 4.09. The number of ether oxygens (including phenoxy) is 2. The van der Waals surface area contributed by atoms with Crippen molar-refractivity contribution in [2.24, 2.45) is 0 Å². The number of halogens is 1. The first kappa shape index (κ1) is 15.1. The van der Waals surface area contributed by atoms with Gasteiger partial charge in [-0.1, -0.05) is 11.6 Å². The number of benzene rings is 1. The van der Waals surface area contributed by atoms with Crippen molar-refractivity contribution < 1.29 is 14.3 Å². The fraction of sp³-hybridized carbons (Fsp3) is 0.200. The van der Waals surface area contributed by atoms with Crippen molar-refractivity contribution in [1.82, 2.24) is 4.98 Å². The molecule has 1 N–H and O–H groups in total. The maximum absolute atomic E-state index is 12.1. The molecule has 0 saturated carbocycles. The zero-order chi connectivity index (χ0) is 15.2. The van der Waals surface area contributed by atoms with Crippen molar-refractivity contribution in [3.63, 3.8) is 0 Å². The van der Waals surface area contributed by atoms with E-state index in [1.807, 2.05) is 6.92 Å². The number of carbonyl (C=O) groups excluding carboxylic acids is 1. The minimum absolute atomic E-state index is 0.160. The summed E-state index contributed by atoms with van der Waals surface area (Å²) in [5.74, 6) is 0.837. The summed E-state index contributed by atoms with van der Waals surface area (Å²) in [6.07, 6.45) is 1.53. The monoisotopic (exact) mass is 306 g/mol. The Labute approximate surface area is 127 Å². The van der Waals surface area contributed by atoms with E-state index in [-0.39, 0.29) is 11.1 Å². The number of pyridine rings is 1. The molecule has 21 heavy (non-hydrogen) atoms. The summed E-state index contributed by atoms with van der Waals surface area (Å²) in [5.41, 5.74) is 0.896. The van der Waals surface area contributed by atoms with Crippen molar-refractivity contribution in [3.8, 4) is 11.5 Å². The topological polar surface area (TPSA) is 60.5 Å². The van der Waals surface area contributed by atoms with Crippen LogP contribution in [0.1, 0.15) is 17.3 Å². The number of carbonyl (C=O) groups is 1. The highest BCUT2D eigenvalue weighted by molar-refractivity contribution is 6.33. The molecule has 1 aromatic carbocycles. The summed E-state index contributed by atoms with van der Waals surface area (Å²) in [6.45, 7) is 2.42. The predicted molar refractivity (Wildman–Crippen MR) is 81.4 cm³/mol. The average Bonchev–Trinajstić information content (AvgIpc) is 2.49. The molecule has 0 spiro atoms. The number of hydrogen-bond donors (Lipinski definition) is 1. The van der Waals surface area contributed by atoms with Crippen LogP contribution in [0.25, 0.3) is 0 Å². The number of hydrogen-bond acceptors (Lipinski definition) is 4. The molecule has 1 heterocycles. The molecule has 1 amide bonds. The average molecular weight is 307 g/mol. The highest BCUT2D eigenvalue weighted by atomic mass is 35.5. The normalized spacial score (nSPS) is 10.0. The van der Waals surface area contributed by atoms with Gasteiger partial charge in [0, 0.05) is 18.0 Å². The molecule has 5 nitrogen and oxygen atoms in total. The molecule has 1 aromatic heterocycles. The molecule has 0 aliphatic heterocycles. The van der Waals surface area contributed by atoms with Crippen LogP contribution in [0.5, 0.6) is 11.5 Å². The molecule has 6 heteroatoms. The van der Waals surface area contributed by atoms with E-state index in [0.29, 0.717) is 29.4 Å². The van der Waals surface area contributed by atoms with E-state index < -0.39 is 0 Å². The zero-order valence-electron chi connectivity index (χ0n) is 11.7. The van der Waals surface area contributed by atoms with Gasteiger partial charge < -0.3 is 14.8 Å². The number of aromatic nitrogens is 1. The Balaban J connectivity index is 2.20. The summed E-state index contributed by atoms with van der Waals surface area (Å²) in [7, 11) is 1.54. The molecule has 0 bridgehead atoms. The number of methoxy groups -OCH3 is 1. The van der Waals surface area contributed by atoms with E-state index in [4.69, 9.17) is 21.1 Å². The summed E-state index contributed by atoms with van der Waals surface area (Å²) < 4.78 is 10.7. The molecule has 0 saturated heterocycles. The van der Waals surface area contributed by atoms with Crippen LogP contribution in [0.2, 0.25) is 5.15 Å². The van der Waals surface area contributed by atoms with Crippen LogP contribution in [0, 0.1) is 0 Å². The molecule has 0 radical (unpaired) electrons. The van der Waals surface area contributed by atoms with Gasteiger partial charge in [-0.2, -0.15) is 0 Å². The number of rotatable bonds is 5. The van der Waals surface area contributed by atoms with Crippen LogP contribution in [0.4, 0.5) is 5.69 Å².